The van der Waals surface area contributed by atoms with Crippen molar-refractivity contribution >= 4 is 18.2 Å². The Morgan fingerprint density at radius 2 is 1.52 bits per heavy atom. The lowest BCUT2D eigenvalue weighted by Crippen LogP contribution is -2.51. The van der Waals surface area contributed by atoms with Crippen molar-refractivity contribution in [3.05, 3.63) is 35.4 Å². The minimum atomic E-state index is -0.00940. The molecule has 3 amide bonds. The van der Waals surface area contributed by atoms with Crippen molar-refractivity contribution in [2.45, 2.75) is 19.8 Å². The monoisotopic (exact) mass is 343 g/mol. The van der Waals surface area contributed by atoms with Gasteiger partial charge in [-0.3, -0.25) is 14.4 Å². The maximum atomic E-state index is 12.6. The van der Waals surface area contributed by atoms with Crippen molar-refractivity contribution < 1.29 is 14.4 Å². The summed E-state index contributed by atoms with van der Waals surface area (Å²) in [5.41, 5.74) is 1.84. The van der Waals surface area contributed by atoms with Gasteiger partial charge in [0.15, 0.2) is 0 Å². The van der Waals surface area contributed by atoms with E-state index in [1.54, 1.807) is 4.90 Å². The third-order valence-electron chi connectivity index (χ3n) is 5.20. The predicted molar refractivity (Wildman–Crippen MR) is 94.0 cm³/mol. The lowest BCUT2D eigenvalue weighted by molar-refractivity contribution is -0.140. The molecule has 2 saturated heterocycles. The quantitative estimate of drug-likeness (QED) is 0.774. The maximum Gasteiger partial charge on any atom is 0.253 e. The van der Waals surface area contributed by atoms with Gasteiger partial charge in [-0.1, -0.05) is 17.7 Å². The van der Waals surface area contributed by atoms with Gasteiger partial charge >= 0.3 is 0 Å². The fraction of sp³-hybridized carbons (Fsp3) is 0.526. The topological polar surface area (TPSA) is 60.9 Å². The SMILES string of the molecule is Cc1ccc(C(=O)N2CCC(C(=O)N3CCN(C=O)CC3)CC2)cc1. The highest BCUT2D eigenvalue weighted by Gasteiger charge is 2.31. The second-order valence-corrected chi connectivity index (χ2v) is 6.90. The molecular formula is C19H25N3O3. The summed E-state index contributed by atoms with van der Waals surface area (Å²) in [4.78, 5) is 41.4. The molecule has 2 fully saturated rings. The Morgan fingerprint density at radius 1 is 0.920 bits per heavy atom. The molecule has 1 aromatic rings. The van der Waals surface area contributed by atoms with Crippen molar-refractivity contribution in [2.75, 3.05) is 39.3 Å². The van der Waals surface area contributed by atoms with Crippen LogP contribution in [0.4, 0.5) is 0 Å². The summed E-state index contributed by atoms with van der Waals surface area (Å²) in [5.74, 6) is 0.211. The molecule has 25 heavy (non-hydrogen) atoms. The molecule has 0 N–H and O–H groups in total. The van der Waals surface area contributed by atoms with Gasteiger partial charge in [-0.2, -0.15) is 0 Å². The van der Waals surface area contributed by atoms with Gasteiger partial charge in [0.05, 0.1) is 0 Å². The minimum absolute atomic E-state index is 0.00940. The Hall–Kier alpha value is -2.37. The standard InChI is InChI=1S/C19H25N3O3/c1-15-2-4-16(5-3-15)18(24)21-8-6-17(7-9-21)19(25)22-12-10-20(14-23)11-13-22/h2-5,14,17H,6-13H2,1H3. The average Bonchev–Trinajstić information content (AvgIpc) is 2.67. The van der Waals surface area contributed by atoms with Gasteiger partial charge < -0.3 is 14.7 Å². The summed E-state index contributed by atoms with van der Waals surface area (Å²) >= 11 is 0. The first-order chi connectivity index (χ1) is 12.1. The fourth-order valence-corrected chi connectivity index (χ4v) is 3.51. The zero-order chi connectivity index (χ0) is 17.8. The van der Waals surface area contributed by atoms with E-state index in [0.717, 1.165) is 12.0 Å². The molecule has 0 spiro atoms. The molecule has 2 aliphatic heterocycles. The largest absolute Gasteiger partial charge is 0.342 e. The molecule has 6 nitrogen and oxygen atoms in total. The average molecular weight is 343 g/mol. The van der Waals surface area contributed by atoms with E-state index in [9.17, 15) is 14.4 Å². The molecule has 2 heterocycles. The summed E-state index contributed by atoms with van der Waals surface area (Å²) in [5, 5.41) is 0. The van der Waals surface area contributed by atoms with Gasteiger partial charge in [0.2, 0.25) is 12.3 Å². The van der Waals surface area contributed by atoms with Crippen LogP contribution in [0.1, 0.15) is 28.8 Å². The number of rotatable bonds is 3. The van der Waals surface area contributed by atoms with Crippen LogP contribution in [-0.2, 0) is 9.59 Å². The van der Waals surface area contributed by atoms with E-state index in [1.807, 2.05) is 41.0 Å². The number of piperazine rings is 1. The van der Waals surface area contributed by atoms with Crippen molar-refractivity contribution in [2.24, 2.45) is 5.92 Å². The van der Waals surface area contributed by atoms with Crippen LogP contribution in [-0.4, -0.2) is 72.2 Å². The van der Waals surface area contributed by atoms with Gasteiger partial charge in [0.25, 0.3) is 5.91 Å². The Morgan fingerprint density at radius 3 is 2.08 bits per heavy atom. The summed E-state index contributed by atoms with van der Waals surface area (Å²) in [6.45, 7) is 5.69. The Labute approximate surface area is 148 Å². The van der Waals surface area contributed by atoms with E-state index >= 15 is 0 Å². The Kier molecular flexibility index (Phi) is 5.36. The zero-order valence-corrected chi connectivity index (χ0v) is 14.7. The third kappa shape index (κ3) is 4.00. The van der Waals surface area contributed by atoms with Crippen LogP contribution in [0.3, 0.4) is 0 Å². The first-order valence-corrected chi connectivity index (χ1v) is 8.92. The van der Waals surface area contributed by atoms with Crippen LogP contribution in [0.25, 0.3) is 0 Å². The van der Waals surface area contributed by atoms with E-state index < -0.39 is 0 Å². The molecule has 0 atom stereocenters. The first-order valence-electron chi connectivity index (χ1n) is 8.92. The van der Waals surface area contributed by atoms with Crippen LogP contribution in [0.2, 0.25) is 0 Å². The second-order valence-electron chi connectivity index (χ2n) is 6.90. The maximum absolute atomic E-state index is 12.6. The van der Waals surface area contributed by atoms with Crippen LogP contribution >= 0.6 is 0 Å². The molecule has 1 aromatic carbocycles. The number of amides is 3. The number of hydrogen-bond acceptors (Lipinski definition) is 3. The number of hydrogen-bond donors (Lipinski definition) is 0. The van der Waals surface area contributed by atoms with E-state index in [4.69, 9.17) is 0 Å². The van der Waals surface area contributed by atoms with E-state index in [1.165, 1.54) is 0 Å². The molecule has 0 aliphatic carbocycles. The van der Waals surface area contributed by atoms with Crippen molar-refractivity contribution in [1.29, 1.82) is 0 Å². The van der Waals surface area contributed by atoms with Gasteiger partial charge in [-0.15, -0.1) is 0 Å². The fourth-order valence-electron chi connectivity index (χ4n) is 3.51. The van der Waals surface area contributed by atoms with E-state index in [2.05, 4.69) is 0 Å². The van der Waals surface area contributed by atoms with Crippen LogP contribution in [0, 0.1) is 12.8 Å². The van der Waals surface area contributed by atoms with Crippen LogP contribution in [0.15, 0.2) is 24.3 Å². The number of likely N-dealkylation sites (tertiary alicyclic amines) is 1. The number of benzene rings is 1. The van der Waals surface area contributed by atoms with Crippen molar-refractivity contribution in [1.82, 2.24) is 14.7 Å². The summed E-state index contributed by atoms with van der Waals surface area (Å²) in [7, 11) is 0. The highest BCUT2D eigenvalue weighted by molar-refractivity contribution is 5.94. The lowest BCUT2D eigenvalue weighted by Gasteiger charge is -2.37. The summed E-state index contributed by atoms with van der Waals surface area (Å²) in [6.07, 6.45) is 2.27. The minimum Gasteiger partial charge on any atom is -0.342 e. The van der Waals surface area contributed by atoms with E-state index in [0.29, 0.717) is 57.7 Å². The molecule has 134 valence electrons. The van der Waals surface area contributed by atoms with E-state index in [-0.39, 0.29) is 17.7 Å². The smallest absolute Gasteiger partial charge is 0.253 e. The Balaban J connectivity index is 1.51. The first kappa shape index (κ1) is 17.5. The predicted octanol–water partition coefficient (Wildman–Crippen LogP) is 1.15. The number of carbonyl (C=O) groups is 3. The molecule has 0 unspecified atom stereocenters. The number of carbonyl (C=O) groups excluding carboxylic acids is 3. The van der Waals surface area contributed by atoms with Crippen LogP contribution in [0.5, 0.6) is 0 Å². The van der Waals surface area contributed by atoms with Crippen LogP contribution < -0.4 is 0 Å². The van der Waals surface area contributed by atoms with Crippen molar-refractivity contribution in [3.8, 4) is 0 Å². The molecular weight excluding hydrogens is 318 g/mol. The van der Waals surface area contributed by atoms with Crippen molar-refractivity contribution in [3.63, 3.8) is 0 Å². The highest BCUT2D eigenvalue weighted by atomic mass is 16.2. The summed E-state index contributed by atoms with van der Waals surface area (Å²) in [6, 6.07) is 7.62. The molecule has 2 aliphatic rings. The molecule has 6 heteroatoms. The van der Waals surface area contributed by atoms with Gasteiger partial charge in [-0.25, -0.2) is 0 Å². The summed E-state index contributed by atoms with van der Waals surface area (Å²) < 4.78 is 0. The molecule has 0 radical (unpaired) electrons. The zero-order valence-electron chi connectivity index (χ0n) is 14.7. The third-order valence-corrected chi connectivity index (χ3v) is 5.20. The molecule has 0 bridgehead atoms. The molecule has 0 aromatic heterocycles. The van der Waals surface area contributed by atoms with Gasteiger partial charge in [0, 0.05) is 50.7 Å². The second kappa shape index (κ2) is 7.68. The highest BCUT2D eigenvalue weighted by Crippen LogP contribution is 2.22. The molecule has 0 saturated carbocycles. The normalized spacial score (nSPS) is 19.0. The Bertz CT molecular complexity index is 628. The number of piperidine rings is 1. The molecule has 3 rings (SSSR count). The lowest BCUT2D eigenvalue weighted by atomic mass is 9.94. The number of aryl methyl sites for hydroxylation is 1. The number of nitrogens with zero attached hydrogens (tertiary/aromatic N) is 3. The van der Waals surface area contributed by atoms with Gasteiger partial charge in [0.1, 0.15) is 0 Å². The van der Waals surface area contributed by atoms with Gasteiger partial charge in [-0.05, 0) is 31.9 Å².